The molecule has 43 heavy (non-hydrogen) atoms. The van der Waals surface area contributed by atoms with Crippen molar-refractivity contribution in [2.24, 2.45) is 0 Å². The van der Waals surface area contributed by atoms with Crippen LogP contribution in [0.1, 0.15) is 69.6 Å². The van der Waals surface area contributed by atoms with Crippen LogP contribution in [0.2, 0.25) is 0 Å². The van der Waals surface area contributed by atoms with Crippen molar-refractivity contribution < 1.29 is 22.7 Å². The predicted octanol–water partition coefficient (Wildman–Crippen LogP) is 4.89. The number of aromatic nitrogens is 5. The zero-order valence-electron chi connectivity index (χ0n) is 25.1. The number of amides is 1. The number of piperidine rings is 1. The van der Waals surface area contributed by atoms with Gasteiger partial charge in [-0.25, -0.2) is 22.9 Å². The number of rotatable bonds is 6. The van der Waals surface area contributed by atoms with E-state index in [0.717, 1.165) is 11.9 Å². The molecule has 3 aromatic heterocycles. The molecule has 4 aromatic rings. The van der Waals surface area contributed by atoms with Gasteiger partial charge in [0.2, 0.25) is 5.88 Å². The van der Waals surface area contributed by atoms with Gasteiger partial charge >= 0.3 is 6.09 Å². The van der Waals surface area contributed by atoms with Gasteiger partial charge < -0.3 is 14.4 Å². The van der Waals surface area contributed by atoms with Crippen molar-refractivity contribution in [3.05, 3.63) is 59.5 Å². The summed E-state index contributed by atoms with van der Waals surface area (Å²) in [6.07, 6.45) is 3.22. The van der Waals surface area contributed by atoms with Crippen LogP contribution in [0.4, 0.5) is 4.79 Å². The van der Waals surface area contributed by atoms with E-state index in [1.54, 1.807) is 39.6 Å². The number of fused-ring (bicyclic) bond motifs is 1. The maximum Gasteiger partial charge on any atom is 0.410 e. The maximum absolute atomic E-state index is 12.5. The summed E-state index contributed by atoms with van der Waals surface area (Å²) < 4.78 is 39.6. The van der Waals surface area contributed by atoms with Gasteiger partial charge in [0, 0.05) is 31.0 Å². The lowest BCUT2D eigenvalue weighted by Crippen LogP contribution is -2.42. The lowest BCUT2D eigenvalue weighted by molar-refractivity contribution is 0.0183. The fourth-order valence-electron chi connectivity index (χ4n) is 5.20. The Hall–Kier alpha value is -4.44. The summed E-state index contributed by atoms with van der Waals surface area (Å²) >= 11 is 0. The molecule has 0 saturated carbocycles. The highest BCUT2D eigenvalue weighted by molar-refractivity contribution is 7.90. The van der Waals surface area contributed by atoms with Gasteiger partial charge in [-0.15, -0.1) is 5.10 Å². The lowest BCUT2D eigenvalue weighted by Gasteiger charge is -2.33. The van der Waals surface area contributed by atoms with Crippen LogP contribution in [-0.2, 0) is 14.6 Å². The summed E-state index contributed by atoms with van der Waals surface area (Å²) in [6, 6.07) is 12.4. The monoisotopic (exact) mass is 605 g/mol. The van der Waals surface area contributed by atoms with E-state index in [1.807, 2.05) is 45.4 Å². The number of pyridine rings is 1. The molecule has 1 fully saturated rings. The number of imidazole rings is 1. The van der Waals surface area contributed by atoms with Crippen LogP contribution < -0.4 is 4.74 Å². The van der Waals surface area contributed by atoms with E-state index in [0.29, 0.717) is 60.0 Å². The van der Waals surface area contributed by atoms with Gasteiger partial charge in [-0.05, 0) is 71.2 Å². The van der Waals surface area contributed by atoms with E-state index in [-0.39, 0.29) is 17.0 Å². The Labute approximate surface area is 250 Å². The summed E-state index contributed by atoms with van der Waals surface area (Å²) in [5, 5.41) is 18.7. The standard InChI is InChI=1S/C30H35N7O5S/c1-19-28(33-34-37(19)23-10-12-35(13-11-23)29(38)42-30(3,4)5)22-15-26-32-18-24(17-31)36(26)27(16-22)41-20(2)21-8-7-9-25(14-21)43(6,39)40/h7-9,14-16,18,20,23H,10-13H2,1-6H3. The first-order chi connectivity index (χ1) is 20.2. The largest absolute Gasteiger partial charge is 0.471 e. The first kappa shape index (κ1) is 30.0. The van der Waals surface area contributed by atoms with Gasteiger partial charge in [0.25, 0.3) is 0 Å². The minimum absolute atomic E-state index is 0.0677. The van der Waals surface area contributed by atoms with Crippen LogP contribution in [0, 0.1) is 18.3 Å². The number of carbonyl (C=O) groups is 1. The molecule has 5 rings (SSSR count). The quantitative estimate of drug-likeness (QED) is 0.300. The highest BCUT2D eigenvalue weighted by Crippen LogP contribution is 2.33. The topological polar surface area (TPSA) is 145 Å². The Bertz CT molecular complexity index is 1820. The molecule has 1 aromatic carbocycles. The molecular formula is C30H35N7O5S. The summed E-state index contributed by atoms with van der Waals surface area (Å²) in [7, 11) is -3.39. The van der Waals surface area contributed by atoms with E-state index in [4.69, 9.17) is 9.47 Å². The summed E-state index contributed by atoms with van der Waals surface area (Å²) in [6.45, 7) is 10.4. The molecule has 0 aliphatic carbocycles. The molecule has 1 amide bonds. The van der Waals surface area contributed by atoms with Crippen molar-refractivity contribution in [2.75, 3.05) is 19.3 Å². The van der Waals surface area contributed by atoms with Crippen LogP contribution in [0.5, 0.6) is 5.88 Å². The van der Waals surface area contributed by atoms with Crippen LogP contribution >= 0.6 is 0 Å². The van der Waals surface area contributed by atoms with Crippen molar-refractivity contribution >= 4 is 21.6 Å². The third kappa shape index (κ3) is 6.34. The smallest absolute Gasteiger partial charge is 0.410 e. The molecule has 0 N–H and O–H groups in total. The van der Waals surface area contributed by atoms with Crippen molar-refractivity contribution in [1.82, 2.24) is 29.3 Å². The average Bonchev–Trinajstić information content (AvgIpc) is 3.55. The van der Waals surface area contributed by atoms with Crippen LogP contribution in [0.3, 0.4) is 0 Å². The van der Waals surface area contributed by atoms with Gasteiger partial charge in [0.05, 0.1) is 22.8 Å². The number of carbonyl (C=O) groups excluding carboxylic acids is 1. The summed E-state index contributed by atoms with van der Waals surface area (Å²) in [4.78, 5) is 18.8. The molecule has 1 aliphatic heterocycles. The second-order valence-electron chi connectivity index (χ2n) is 11.8. The minimum atomic E-state index is -3.39. The highest BCUT2D eigenvalue weighted by Gasteiger charge is 2.29. The number of benzene rings is 1. The molecule has 4 heterocycles. The number of likely N-dealkylation sites (tertiary alicyclic amines) is 1. The Balaban J connectivity index is 1.42. The molecule has 226 valence electrons. The lowest BCUT2D eigenvalue weighted by atomic mass is 10.0. The number of hydrogen-bond donors (Lipinski definition) is 0. The number of nitriles is 1. The van der Waals surface area contributed by atoms with E-state index >= 15 is 0 Å². The van der Waals surface area contributed by atoms with Crippen molar-refractivity contribution in [2.45, 2.75) is 70.1 Å². The third-order valence-corrected chi connectivity index (χ3v) is 8.51. The second-order valence-corrected chi connectivity index (χ2v) is 13.8. The van der Waals surface area contributed by atoms with Gasteiger partial charge in [0.1, 0.15) is 34.8 Å². The fourth-order valence-corrected chi connectivity index (χ4v) is 5.88. The molecule has 1 saturated heterocycles. The first-order valence-electron chi connectivity index (χ1n) is 14.0. The Morgan fingerprint density at radius 3 is 2.53 bits per heavy atom. The van der Waals surface area contributed by atoms with E-state index in [9.17, 15) is 18.5 Å². The highest BCUT2D eigenvalue weighted by atomic mass is 32.2. The molecule has 1 aliphatic rings. The second kappa shape index (κ2) is 11.3. The van der Waals surface area contributed by atoms with Crippen molar-refractivity contribution in [1.29, 1.82) is 5.26 Å². The molecule has 0 bridgehead atoms. The van der Waals surface area contributed by atoms with Crippen molar-refractivity contribution in [3.8, 4) is 23.2 Å². The van der Waals surface area contributed by atoms with Gasteiger partial charge in [-0.2, -0.15) is 5.26 Å². The maximum atomic E-state index is 12.5. The van der Waals surface area contributed by atoms with Crippen LogP contribution in [0.15, 0.2) is 47.5 Å². The zero-order valence-corrected chi connectivity index (χ0v) is 25.9. The molecule has 1 unspecified atom stereocenters. The van der Waals surface area contributed by atoms with Gasteiger partial charge in [-0.3, -0.25) is 4.40 Å². The number of nitrogens with zero attached hydrogens (tertiary/aromatic N) is 7. The van der Waals surface area contributed by atoms with Gasteiger partial charge in [-0.1, -0.05) is 17.3 Å². The predicted molar refractivity (Wildman–Crippen MR) is 158 cm³/mol. The molecular weight excluding hydrogens is 570 g/mol. The fraction of sp³-hybridized carbons (Fsp3) is 0.433. The molecule has 12 nitrogen and oxygen atoms in total. The van der Waals surface area contributed by atoms with E-state index in [1.165, 1.54) is 6.20 Å². The molecule has 1 atom stereocenters. The number of sulfone groups is 1. The Morgan fingerprint density at radius 1 is 1.16 bits per heavy atom. The molecule has 13 heteroatoms. The number of ether oxygens (including phenoxy) is 2. The Kier molecular flexibility index (Phi) is 7.91. The normalized spacial score (nSPS) is 15.3. The molecule has 0 radical (unpaired) electrons. The van der Waals surface area contributed by atoms with Crippen LogP contribution in [0.25, 0.3) is 16.9 Å². The third-order valence-electron chi connectivity index (χ3n) is 7.40. The van der Waals surface area contributed by atoms with E-state index < -0.39 is 21.5 Å². The Morgan fingerprint density at radius 2 is 1.88 bits per heavy atom. The van der Waals surface area contributed by atoms with Gasteiger partial charge in [0.15, 0.2) is 9.84 Å². The average molecular weight is 606 g/mol. The minimum Gasteiger partial charge on any atom is -0.471 e. The first-order valence-corrected chi connectivity index (χ1v) is 15.9. The summed E-state index contributed by atoms with van der Waals surface area (Å²) in [5.74, 6) is 0.360. The van der Waals surface area contributed by atoms with Crippen molar-refractivity contribution in [3.63, 3.8) is 0 Å². The number of hydrogen-bond acceptors (Lipinski definition) is 9. The SMILES string of the molecule is Cc1c(-c2cc(OC(C)c3cccc(S(C)(=O)=O)c3)n3c(C#N)cnc3c2)nnn1C1CCN(C(=O)OC(C)(C)C)CC1. The van der Waals surface area contributed by atoms with Crippen LogP contribution in [-0.4, -0.2) is 68.7 Å². The molecule has 0 spiro atoms. The summed E-state index contributed by atoms with van der Waals surface area (Å²) in [5.41, 5.74) is 3.13. The van der Waals surface area contributed by atoms with E-state index in [2.05, 4.69) is 21.4 Å². The zero-order chi connectivity index (χ0) is 31.1.